The molecule has 0 aliphatic carbocycles. The zero-order valence-corrected chi connectivity index (χ0v) is 14.2. The van der Waals surface area contributed by atoms with E-state index in [1.54, 1.807) is 0 Å². The fourth-order valence-electron chi connectivity index (χ4n) is 3.01. The summed E-state index contributed by atoms with van der Waals surface area (Å²) in [5.74, 6) is 0.345. The van der Waals surface area contributed by atoms with Gasteiger partial charge in [-0.3, -0.25) is 9.69 Å². The first-order valence-corrected chi connectivity index (χ1v) is 8.82. The van der Waals surface area contributed by atoms with Gasteiger partial charge in [0.05, 0.1) is 5.92 Å². The smallest absolute Gasteiger partial charge is 0.224 e. The highest BCUT2D eigenvalue weighted by atomic mass is 35.5. The molecule has 1 unspecified atom stereocenters. The van der Waals surface area contributed by atoms with Crippen LogP contribution >= 0.6 is 11.6 Å². The normalized spacial score (nSPS) is 19.1. The van der Waals surface area contributed by atoms with E-state index < -0.39 is 0 Å². The van der Waals surface area contributed by atoms with Crippen molar-refractivity contribution in [3.63, 3.8) is 0 Å². The van der Waals surface area contributed by atoms with Crippen molar-refractivity contribution in [3.05, 3.63) is 34.9 Å². The van der Waals surface area contributed by atoms with Gasteiger partial charge in [0.1, 0.15) is 0 Å². The Morgan fingerprint density at radius 2 is 2.18 bits per heavy atom. The Labute approximate surface area is 139 Å². The second-order valence-corrected chi connectivity index (χ2v) is 6.57. The van der Waals surface area contributed by atoms with Crippen LogP contribution in [0.2, 0.25) is 5.02 Å². The highest BCUT2D eigenvalue weighted by Gasteiger charge is 2.25. The molecule has 0 radical (unpaired) electrons. The Hall–Kier alpha value is -1.06. The number of carbonyl (C=O) groups excluding carboxylic acids is 1. The highest BCUT2D eigenvalue weighted by molar-refractivity contribution is 6.31. The molecule has 3 nitrogen and oxygen atoms in total. The maximum Gasteiger partial charge on any atom is 0.224 e. The van der Waals surface area contributed by atoms with Gasteiger partial charge in [-0.2, -0.15) is 0 Å². The predicted octanol–water partition coefficient (Wildman–Crippen LogP) is 3.86. The average molecular weight is 323 g/mol. The van der Waals surface area contributed by atoms with Crippen LogP contribution in [0, 0.1) is 5.92 Å². The summed E-state index contributed by atoms with van der Waals surface area (Å²) in [6, 6.07) is 7.97. The summed E-state index contributed by atoms with van der Waals surface area (Å²) in [5.41, 5.74) is 1.15. The standard InChI is InChI=1S/C18H27ClN2O/c1-2-3-6-11-20-18(22)16-9-7-12-21(14-16)13-15-8-4-5-10-17(15)19/h4-5,8,10,16H,2-3,6-7,9,11-14H2,1H3,(H,20,22). The minimum absolute atomic E-state index is 0.123. The highest BCUT2D eigenvalue weighted by Crippen LogP contribution is 2.22. The Balaban J connectivity index is 1.81. The number of nitrogens with zero attached hydrogens (tertiary/aromatic N) is 1. The van der Waals surface area contributed by atoms with Gasteiger partial charge < -0.3 is 5.32 Å². The van der Waals surface area contributed by atoms with Crippen LogP contribution in [0.15, 0.2) is 24.3 Å². The van der Waals surface area contributed by atoms with E-state index in [0.717, 1.165) is 56.0 Å². The van der Waals surface area contributed by atoms with E-state index in [4.69, 9.17) is 11.6 Å². The van der Waals surface area contributed by atoms with E-state index in [-0.39, 0.29) is 11.8 Å². The SMILES string of the molecule is CCCCCNC(=O)C1CCCN(Cc2ccccc2Cl)C1. The van der Waals surface area contributed by atoms with E-state index >= 15 is 0 Å². The molecule has 22 heavy (non-hydrogen) atoms. The second-order valence-electron chi connectivity index (χ2n) is 6.16. The predicted molar refractivity (Wildman–Crippen MR) is 92.0 cm³/mol. The number of hydrogen-bond donors (Lipinski definition) is 1. The van der Waals surface area contributed by atoms with E-state index in [9.17, 15) is 4.79 Å². The van der Waals surface area contributed by atoms with Crippen LogP contribution in [-0.4, -0.2) is 30.4 Å². The number of nitrogens with one attached hydrogen (secondary N) is 1. The molecule has 1 aromatic rings. The fourth-order valence-corrected chi connectivity index (χ4v) is 3.21. The maximum absolute atomic E-state index is 12.3. The summed E-state index contributed by atoms with van der Waals surface area (Å²) in [6.07, 6.45) is 5.53. The van der Waals surface area contributed by atoms with E-state index in [0.29, 0.717) is 0 Å². The van der Waals surface area contributed by atoms with Crippen LogP contribution in [0.25, 0.3) is 0 Å². The van der Waals surface area contributed by atoms with Gasteiger partial charge in [-0.15, -0.1) is 0 Å². The number of likely N-dealkylation sites (tertiary alicyclic amines) is 1. The number of unbranched alkanes of at least 4 members (excludes halogenated alkanes) is 2. The third-order valence-electron chi connectivity index (χ3n) is 4.31. The van der Waals surface area contributed by atoms with Crippen LogP contribution in [-0.2, 0) is 11.3 Å². The lowest BCUT2D eigenvalue weighted by Crippen LogP contribution is -2.42. The number of rotatable bonds is 7. The van der Waals surface area contributed by atoms with Crippen molar-refractivity contribution in [2.75, 3.05) is 19.6 Å². The van der Waals surface area contributed by atoms with Crippen molar-refractivity contribution in [1.29, 1.82) is 0 Å². The Morgan fingerprint density at radius 1 is 1.36 bits per heavy atom. The number of piperidine rings is 1. The second kappa shape index (κ2) is 9.16. The topological polar surface area (TPSA) is 32.3 Å². The first kappa shape index (κ1) is 17.3. The molecule has 0 aromatic heterocycles. The fraction of sp³-hybridized carbons (Fsp3) is 0.611. The van der Waals surface area contributed by atoms with E-state index in [1.165, 1.54) is 12.8 Å². The third kappa shape index (κ3) is 5.29. The van der Waals surface area contributed by atoms with Gasteiger partial charge in [0.15, 0.2) is 0 Å². The van der Waals surface area contributed by atoms with Crippen molar-refractivity contribution >= 4 is 17.5 Å². The summed E-state index contributed by atoms with van der Waals surface area (Å²) in [6.45, 7) is 5.71. The van der Waals surface area contributed by atoms with Crippen LogP contribution < -0.4 is 5.32 Å². The molecule has 2 rings (SSSR count). The summed E-state index contributed by atoms with van der Waals surface area (Å²) < 4.78 is 0. The molecule has 122 valence electrons. The molecule has 1 aliphatic rings. The first-order valence-electron chi connectivity index (χ1n) is 8.44. The van der Waals surface area contributed by atoms with Crippen LogP contribution in [0.4, 0.5) is 0 Å². The van der Waals surface area contributed by atoms with Gasteiger partial charge in [-0.1, -0.05) is 49.6 Å². The van der Waals surface area contributed by atoms with E-state index in [1.807, 2.05) is 18.2 Å². The molecule has 0 bridgehead atoms. The summed E-state index contributed by atoms with van der Waals surface area (Å²) >= 11 is 6.23. The molecule has 1 atom stereocenters. The molecule has 1 heterocycles. The van der Waals surface area contributed by atoms with Crippen molar-refractivity contribution in [3.8, 4) is 0 Å². The monoisotopic (exact) mass is 322 g/mol. The molecule has 1 fully saturated rings. The van der Waals surface area contributed by atoms with Gasteiger partial charge in [-0.25, -0.2) is 0 Å². The third-order valence-corrected chi connectivity index (χ3v) is 4.68. The maximum atomic E-state index is 12.3. The molecule has 1 saturated heterocycles. The molecule has 1 N–H and O–H groups in total. The Bertz CT molecular complexity index is 478. The minimum atomic E-state index is 0.123. The van der Waals surface area contributed by atoms with Crippen LogP contribution in [0.1, 0.15) is 44.6 Å². The number of hydrogen-bond acceptors (Lipinski definition) is 2. The first-order chi connectivity index (χ1) is 10.7. The quantitative estimate of drug-likeness (QED) is 0.773. The molecular formula is C18H27ClN2O. The van der Waals surface area contributed by atoms with Gasteiger partial charge >= 0.3 is 0 Å². The molecule has 1 aromatic carbocycles. The number of amides is 1. The molecule has 0 spiro atoms. The van der Waals surface area contributed by atoms with Gasteiger partial charge in [0, 0.05) is 24.7 Å². The van der Waals surface area contributed by atoms with Crippen molar-refractivity contribution in [2.45, 2.75) is 45.6 Å². The number of benzene rings is 1. The lowest BCUT2D eigenvalue weighted by molar-refractivity contribution is -0.126. The number of halogens is 1. The Kier molecular flexibility index (Phi) is 7.20. The van der Waals surface area contributed by atoms with Gasteiger partial charge in [-0.05, 0) is 37.4 Å². The number of carbonyl (C=O) groups is 1. The van der Waals surface area contributed by atoms with Crippen molar-refractivity contribution < 1.29 is 4.79 Å². The van der Waals surface area contributed by atoms with E-state index in [2.05, 4.69) is 23.2 Å². The van der Waals surface area contributed by atoms with Gasteiger partial charge in [0.25, 0.3) is 0 Å². The zero-order chi connectivity index (χ0) is 15.8. The Morgan fingerprint density at radius 3 is 2.95 bits per heavy atom. The van der Waals surface area contributed by atoms with Gasteiger partial charge in [0.2, 0.25) is 5.91 Å². The summed E-state index contributed by atoms with van der Waals surface area (Å²) in [5, 5.41) is 3.90. The molecule has 0 saturated carbocycles. The van der Waals surface area contributed by atoms with Crippen molar-refractivity contribution in [2.24, 2.45) is 5.92 Å². The average Bonchev–Trinajstić information content (AvgIpc) is 2.54. The van der Waals surface area contributed by atoms with Crippen molar-refractivity contribution in [1.82, 2.24) is 10.2 Å². The minimum Gasteiger partial charge on any atom is -0.356 e. The van der Waals surface area contributed by atoms with Crippen LogP contribution in [0.3, 0.4) is 0 Å². The summed E-state index contributed by atoms with van der Waals surface area (Å²) in [7, 11) is 0. The zero-order valence-electron chi connectivity index (χ0n) is 13.5. The lowest BCUT2D eigenvalue weighted by Gasteiger charge is -2.32. The summed E-state index contributed by atoms with van der Waals surface area (Å²) in [4.78, 5) is 14.6. The molecule has 1 aliphatic heterocycles. The largest absolute Gasteiger partial charge is 0.356 e. The lowest BCUT2D eigenvalue weighted by atomic mass is 9.96. The van der Waals surface area contributed by atoms with Crippen LogP contribution in [0.5, 0.6) is 0 Å². The molecule has 4 heteroatoms. The molecular weight excluding hydrogens is 296 g/mol. The molecule has 1 amide bonds.